The van der Waals surface area contributed by atoms with Crippen LogP contribution in [0.4, 0.5) is 0 Å². The van der Waals surface area contributed by atoms with Crippen LogP contribution in [0.3, 0.4) is 0 Å². The van der Waals surface area contributed by atoms with Gasteiger partial charge in [0.25, 0.3) is 0 Å². The minimum atomic E-state index is -1.37. The lowest BCUT2D eigenvalue weighted by molar-refractivity contribution is -0.0865. The van der Waals surface area contributed by atoms with Crippen molar-refractivity contribution in [1.82, 2.24) is 0 Å². The number of aromatic hydroxyl groups is 1. The van der Waals surface area contributed by atoms with Crippen LogP contribution in [0, 0.1) is 0 Å². The molecule has 0 spiro atoms. The Bertz CT molecular complexity index is 863. The van der Waals surface area contributed by atoms with Crippen LogP contribution in [-0.2, 0) is 5.60 Å². The molecule has 0 bridgehead atoms. The molecule has 0 saturated heterocycles. The number of fused-ring (bicyclic) bond motifs is 6. The number of phenols is 1. The van der Waals surface area contributed by atoms with Gasteiger partial charge in [-0.15, -0.1) is 0 Å². The highest BCUT2D eigenvalue weighted by molar-refractivity contribution is 5.60. The smallest absolute Gasteiger partial charge is 0.231 e. The van der Waals surface area contributed by atoms with Gasteiger partial charge < -0.3 is 33.9 Å². The molecule has 7 heteroatoms. The Morgan fingerprint density at radius 2 is 1.83 bits per heavy atom. The summed E-state index contributed by atoms with van der Waals surface area (Å²) >= 11 is 0. The van der Waals surface area contributed by atoms with E-state index in [1.165, 1.54) is 13.2 Å². The molecule has 3 heterocycles. The van der Waals surface area contributed by atoms with E-state index in [9.17, 15) is 10.2 Å². The minimum absolute atomic E-state index is 0.0191. The summed E-state index contributed by atoms with van der Waals surface area (Å²) in [5, 5.41) is 21.3. The molecule has 3 aliphatic rings. The molecule has 2 unspecified atom stereocenters. The van der Waals surface area contributed by atoms with Crippen LogP contribution < -0.4 is 23.7 Å². The second-order valence-electron chi connectivity index (χ2n) is 5.97. The maximum absolute atomic E-state index is 11.2. The summed E-state index contributed by atoms with van der Waals surface area (Å²) in [7, 11) is 1.46. The van der Waals surface area contributed by atoms with E-state index in [1.54, 1.807) is 18.2 Å². The Hall–Kier alpha value is -2.80. The molecule has 0 amide bonds. The van der Waals surface area contributed by atoms with E-state index in [1.807, 2.05) is 0 Å². The van der Waals surface area contributed by atoms with E-state index in [4.69, 9.17) is 23.7 Å². The highest BCUT2D eigenvalue weighted by atomic mass is 16.7. The number of aliphatic hydroxyl groups is 1. The van der Waals surface area contributed by atoms with Crippen molar-refractivity contribution in [2.24, 2.45) is 0 Å². The van der Waals surface area contributed by atoms with E-state index >= 15 is 0 Å². The number of hydrogen-bond acceptors (Lipinski definition) is 7. The van der Waals surface area contributed by atoms with Gasteiger partial charge in [0.05, 0.1) is 7.11 Å². The monoisotopic (exact) mass is 330 g/mol. The van der Waals surface area contributed by atoms with Crippen LogP contribution in [0.25, 0.3) is 0 Å². The SMILES string of the molecule is COc1cc2c(cc1O)C1Oc3cc4c(cc3C1(O)CO2)OCO4. The quantitative estimate of drug-likeness (QED) is 0.825. The van der Waals surface area contributed by atoms with E-state index in [2.05, 4.69) is 0 Å². The fraction of sp³-hybridized carbons (Fsp3) is 0.294. The van der Waals surface area contributed by atoms with E-state index < -0.39 is 11.7 Å². The first-order valence-electron chi connectivity index (χ1n) is 7.47. The summed E-state index contributed by atoms with van der Waals surface area (Å²) < 4.78 is 27.5. The Kier molecular flexibility index (Phi) is 2.49. The van der Waals surface area contributed by atoms with Crippen molar-refractivity contribution in [1.29, 1.82) is 0 Å². The molecule has 7 nitrogen and oxygen atoms in total. The Labute approximate surface area is 136 Å². The summed E-state index contributed by atoms with van der Waals surface area (Å²) in [6.45, 7) is 0.165. The average molecular weight is 330 g/mol. The van der Waals surface area contributed by atoms with Crippen LogP contribution in [0.15, 0.2) is 24.3 Å². The first-order chi connectivity index (χ1) is 11.6. The number of hydrogen-bond donors (Lipinski definition) is 2. The summed E-state index contributed by atoms with van der Waals surface area (Å²) in [6, 6.07) is 6.50. The Morgan fingerprint density at radius 3 is 2.62 bits per heavy atom. The van der Waals surface area contributed by atoms with Crippen LogP contribution in [0.5, 0.6) is 34.5 Å². The number of methoxy groups -OCH3 is 1. The highest BCUT2D eigenvalue weighted by Gasteiger charge is 2.54. The maximum atomic E-state index is 11.2. The van der Waals surface area contributed by atoms with Gasteiger partial charge in [0.1, 0.15) is 18.1 Å². The normalized spacial score (nSPS) is 25.2. The summed E-state index contributed by atoms with van der Waals surface area (Å²) in [5.41, 5.74) is -0.234. The predicted octanol–water partition coefficient (Wildman–Crippen LogP) is 1.84. The van der Waals surface area contributed by atoms with Gasteiger partial charge >= 0.3 is 0 Å². The van der Waals surface area contributed by atoms with E-state index in [-0.39, 0.29) is 19.1 Å². The molecule has 0 radical (unpaired) electrons. The van der Waals surface area contributed by atoms with Crippen molar-refractivity contribution in [3.8, 4) is 34.5 Å². The number of rotatable bonds is 1. The summed E-state index contributed by atoms with van der Waals surface area (Å²) in [6.07, 6.45) is -0.699. The second-order valence-corrected chi connectivity index (χ2v) is 5.97. The Morgan fingerprint density at radius 1 is 1.04 bits per heavy atom. The van der Waals surface area contributed by atoms with Gasteiger partial charge in [-0.2, -0.15) is 0 Å². The van der Waals surface area contributed by atoms with Gasteiger partial charge in [-0.1, -0.05) is 0 Å². The van der Waals surface area contributed by atoms with Crippen molar-refractivity contribution in [2.75, 3.05) is 20.5 Å². The molecule has 0 aromatic heterocycles. The number of benzene rings is 2. The lowest BCUT2D eigenvalue weighted by Crippen LogP contribution is -2.41. The molecule has 3 aliphatic heterocycles. The molecule has 2 aromatic carbocycles. The van der Waals surface area contributed by atoms with Crippen LogP contribution >= 0.6 is 0 Å². The van der Waals surface area contributed by atoms with E-state index in [0.29, 0.717) is 39.9 Å². The maximum Gasteiger partial charge on any atom is 0.231 e. The van der Waals surface area contributed by atoms with Gasteiger partial charge in [0.2, 0.25) is 6.79 Å². The largest absolute Gasteiger partial charge is 0.504 e. The molecule has 24 heavy (non-hydrogen) atoms. The van der Waals surface area contributed by atoms with Crippen LogP contribution in [0.1, 0.15) is 17.2 Å². The van der Waals surface area contributed by atoms with Crippen molar-refractivity contribution < 1.29 is 33.9 Å². The molecule has 0 aliphatic carbocycles. The van der Waals surface area contributed by atoms with E-state index in [0.717, 1.165) is 0 Å². The molecule has 124 valence electrons. The fourth-order valence-corrected chi connectivity index (χ4v) is 3.45. The first kappa shape index (κ1) is 13.6. The van der Waals surface area contributed by atoms with Crippen LogP contribution in [-0.4, -0.2) is 30.7 Å². The summed E-state index contributed by atoms with van der Waals surface area (Å²) in [4.78, 5) is 0. The molecule has 2 aromatic rings. The standard InChI is InChI=1S/C17H14O7/c1-20-13-4-11-8(2-10(13)18)16-17(19,6-21-11)9-3-14-15(23-7-22-14)5-12(9)24-16/h2-5,16,18-19H,6-7H2,1H3. The molecular weight excluding hydrogens is 316 g/mol. The molecule has 5 rings (SSSR count). The molecule has 0 fully saturated rings. The molecule has 2 atom stereocenters. The van der Waals surface area contributed by atoms with Gasteiger partial charge in [-0.3, -0.25) is 0 Å². The van der Waals surface area contributed by atoms with Gasteiger partial charge in [-0.25, -0.2) is 0 Å². The second kappa shape index (κ2) is 4.39. The van der Waals surface area contributed by atoms with Crippen molar-refractivity contribution in [3.05, 3.63) is 35.4 Å². The third-order valence-electron chi connectivity index (χ3n) is 4.66. The third-order valence-corrected chi connectivity index (χ3v) is 4.66. The zero-order chi connectivity index (χ0) is 16.5. The lowest BCUT2D eigenvalue weighted by Gasteiger charge is -2.35. The van der Waals surface area contributed by atoms with Crippen LogP contribution in [0.2, 0.25) is 0 Å². The van der Waals surface area contributed by atoms with Crippen molar-refractivity contribution in [2.45, 2.75) is 11.7 Å². The Balaban J connectivity index is 1.65. The third kappa shape index (κ3) is 1.59. The number of ether oxygens (including phenoxy) is 5. The lowest BCUT2D eigenvalue weighted by atomic mass is 9.84. The first-order valence-corrected chi connectivity index (χ1v) is 7.47. The molecular formula is C17H14O7. The average Bonchev–Trinajstić information content (AvgIpc) is 3.14. The molecule has 2 N–H and O–H groups in total. The van der Waals surface area contributed by atoms with Crippen molar-refractivity contribution in [3.63, 3.8) is 0 Å². The molecule has 0 saturated carbocycles. The zero-order valence-electron chi connectivity index (χ0n) is 12.7. The van der Waals surface area contributed by atoms with Gasteiger partial charge in [0.15, 0.2) is 34.7 Å². The minimum Gasteiger partial charge on any atom is -0.504 e. The summed E-state index contributed by atoms with van der Waals surface area (Å²) in [5.74, 6) is 2.42. The topological polar surface area (TPSA) is 86.6 Å². The number of phenolic OH excluding ortho intramolecular Hbond substituents is 1. The van der Waals surface area contributed by atoms with Crippen molar-refractivity contribution >= 4 is 0 Å². The fourth-order valence-electron chi connectivity index (χ4n) is 3.45. The predicted molar refractivity (Wildman–Crippen MR) is 80.0 cm³/mol. The van der Waals surface area contributed by atoms with Gasteiger partial charge in [0, 0.05) is 23.3 Å². The zero-order valence-corrected chi connectivity index (χ0v) is 12.7. The van der Waals surface area contributed by atoms with Gasteiger partial charge in [-0.05, 0) is 12.1 Å². The highest BCUT2D eigenvalue weighted by Crippen LogP contribution is 2.57.